The molecule has 1 aromatic carbocycles. The van der Waals surface area contributed by atoms with Crippen LogP contribution in [0.15, 0.2) is 28.7 Å². The van der Waals surface area contributed by atoms with Gasteiger partial charge in [0, 0.05) is 23.3 Å². The van der Waals surface area contributed by atoms with Gasteiger partial charge in [-0.15, -0.1) is 0 Å². The summed E-state index contributed by atoms with van der Waals surface area (Å²) in [5, 5.41) is 5.94. The smallest absolute Gasteiger partial charge is 0.239 e. The summed E-state index contributed by atoms with van der Waals surface area (Å²) < 4.78 is 6.46. The summed E-state index contributed by atoms with van der Waals surface area (Å²) in [6.07, 6.45) is 2.33. The van der Waals surface area contributed by atoms with E-state index in [0.29, 0.717) is 6.54 Å². The third-order valence-corrected chi connectivity index (χ3v) is 3.38. The summed E-state index contributed by atoms with van der Waals surface area (Å²) in [5.41, 5.74) is 0.936. The molecular weight excluding hydrogens is 296 g/mol. The zero-order chi connectivity index (χ0) is 12.8. The lowest BCUT2D eigenvalue weighted by Gasteiger charge is -2.11. The van der Waals surface area contributed by atoms with Crippen LogP contribution in [-0.4, -0.2) is 31.7 Å². The number of carbonyl (C=O) groups excluding carboxylic acids is 1. The molecule has 2 rings (SSSR count). The number of benzene rings is 1. The summed E-state index contributed by atoms with van der Waals surface area (Å²) in [6, 6.07) is 7.73. The molecule has 1 heterocycles. The fraction of sp³-hybridized carbons (Fsp3) is 0.462. The van der Waals surface area contributed by atoms with Crippen molar-refractivity contribution in [3.8, 4) is 0 Å². The molecule has 1 aliphatic rings. The molecule has 0 spiro atoms. The van der Waals surface area contributed by atoms with Gasteiger partial charge in [-0.25, -0.2) is 0 Å². The van der Waals surface area contributed by atoms with Crippen LogP contribution in [0.5, 0.6) is 0 Å². The molecule has 0 saturated carbocycles. The molecule has 1 amide bonds. The van der Waals surface area contributed by atoms with E-state index in [1.807, 2.05) is 24.3 Å². The lowest BCUT2D eigenvalue weighted by molar-refractivity contribution is -0.119. The molecule has 0 aromatic heterocycles. The van der Waals surface area contributed by atoms with Crippen LogP contribution in [0.1, 0.15) is 12.8 Å². The van der Waals surface area contributed by atoms with Gasteiger partial charge in [-0.3, -0.25) is 4.79 Å². The van der Waals surface area contributed by atoms with E-state index >= 15 is 0 Å². The minimum absolute atomic E-state index is 0.00609. The van der Waals surface area contributed by atoms with Crippen molar-refractivity contribution in [2.24, 2.45) is 0 Å². The van der Waals surface area contributed by atoms with E-state index in [-0.39, 0.29) is 18.6 Å². The third-order valence-electron chi connectivity index (χ3n) is 2.85. The van der Waals surface area contributed by atoms with Crippen LogP contribution in [0, 0.1) is 0 Å². The Morgan fingerprint density at radius 3 is 2.83 bits per heavy atom. The quantitative estimate of drug-likeness (QED) is 0.876. The van der Waals surface area contributed by atoms with E-state index in [1.165, 1.54) is 0 Å². The monoisotopic (exact) mass is 312 g/mol. The first-order chi connectivity index (χ1) is 8.74. The number of carbonyl (C=O) groups is 1. The molecule has 4 nitrogen and oxygen atoms in total. The summed E-state index contributed by atoms with van der Waals surface area (Å²) in [6.45, 7) is 1.72. The summed E-state index contributed by atoms with van der Waals surface area (Å²) >= 11 is 3.37. The highest BCUT2D eigenvalue weighted by atomic mass is 79.9. The van der Waals surface area contributed by atoms with Gasteiger partial charge in [0.25, 0.3) is 0 Å². The number of nitrogens with one attached hydrogen (secondary N) is 2. The normalized spacial score (nSPS) is 18.6. The Morgan fingerprint density at radius 2 is 2.17 bits per heavy atom. The summed E-state index contributed by atoms with van der Waals surface area (Å²) in [4.78, 5) is 11.6. The van der Waals surface area contributed by atoms with Gasteiger partial charge in [0.15, 0.2) is 0 Å². The number of hydrogen-bond acceptors (Lipinski definition) is 3. The fourth-order valence-corrected chi connectivity index (χ4v) is 2.11. The van der Waals surface area contributed by atoms with E-state index in [1.54, 1.807) is 0 Å². The molecule has 0 bridgehead atoms. The van der Waals surface area contributed by atoms with Crippen molar-refractivity contribution in [1.29, 1.82) is 0 Å². The topological polar surface area (TPSA) is 50.4 Å². The average Bonchev–Trinajstić information content (AvgIpc) is 2.89. The molecule has 0 radical (unpaired) electrons. The van der Waals surface area contributed by atoms with Crippen molar-refractivity contribution < 1.29 is 9.53 Å². The number of ether oxygens (including phenoxy) is 1. The standard InChI is InChI=1S/C13H17BrN2O2/c14-10-3-5-11(6-4-10)15-9-13(17)16-8-12-2-1-7-18-12/h3-6,12,15H,1-2,7-9H2,(H,16,17). The SMILES string of the molecule is O=C(CNc1ccc(Br)cc1)NCC1CCCO1. The van der Waals surface area contributed by atoms with Gasteiger partial charge in [0.2, 0.25) is 5.91 Å². The van der Waals surface area contributed by atoms with Gasteiger partial charge >= 0.3 is 0 Å². The highest BCUT2D eigenvalue weighted by Crippen LogP contribution is 2.13. The second-order valence-corrected chi connectivity index (χ2v) is 5.22. The molecule has 1 unspecified atom stereocenters. The molecule has 1 aliphatic heterocycles. The molecule has 1 fully saturated rings. The van der Waals surface area contributed by atoms with E-state index in [9.17, 15) is 4.79 Å². The predicted molar refractivity (Wildman–Crippen MR) is 74.6 cm³/mol. The van der Waals surface area contributed by atoms with E-state index in [4.69, 9.17) is 4.74 Å². The molecule has 1 aromatic rings. The minimum Gasteiger partial charge on any atom is -0.376 e. The first-order valence-electron chi connectivity index (χ1n) is 6.12. The summed E-state index contributed by atoms with van der Waals surface area (Å²) in [7, 11) is 0. The molecule has 5 heteroatoms. The van der Waals surface area contributed by atoms with Gasteiger partial charge in [0.05, 0.1) is 12.6 Å². The number of halogens is 1. The van der Waals surface area contributed by atoms with Crippen LogP contribution in [0.4, 0.5) is 5.69 Å². The number of anilines is 1. The molecule has 98 valence electrons. The van der Waals surface area contributed by atoms with Crippen LogP contribution in [0.25, 0.3) is 0 Å². The van der Waals surface area contributed by atoms with Gasteiger partial charge < -0.3 is 15.4 Å². The first-order valence-corrected chi connectivity index (χ1v) is 6.91. The molecule has 1 atom stereocenters. The van der Waals surface area contributed by atoms with Crippen molar-refractivity contribution in [3.05, 3.63) is 28.7 Å². The van der Waals surface area contributed by atoms with Crippen molar-refractivity contribution in [2.45, 2.75) is 18.9 Å². The van der Waals surface area contributed by atoms with Crippen molar-refractivity contribution in [1.82, 2.24) is 5.32 Å². The van der Waals surface area contributed by atoms with Crippen LogP contribution >= 0.6 is 15.9 Å². The largest absolute Gasteiger partial charge is 0.376 e. The maximum atomic E-state index is 11.6. The van der Waals surface area contributed by atoms with E-state index in [2.05, 4.69) is 26.6 Å². The second kappa shape index (κ2) is 6.75. The van der Waals surface area contributed by atoms with E-state index < -0.39 is 0 Å². The zero-order valence-electron chi connectivity index (χ0n) is 10.1. The minimum atomic E-state index is -0.00609. The highest BCUT2D eigenvalue weighted by molar-refractivity contribution is 9.10. The van der Waals surface area contributed by atoms with Crippen molar-refractivity contribution in [2.75, 3.05) is 25.0 Å². The lowest BCUT2D eigenvalue weighted by atomic mass is 10.2. The Hall–Kier alpha value is -1.07. The molecule has 1 saturated heterocycles. The van der Waals surface area contributed by atoms with E-state index in [0.717, 1.165) is 29.6 Å². The predicted octanol–water partition coefficient (Wildman–Crippen LogP) is 2.16. The Labute approximate surface area is 115 Å². The van der Waals surface area contributed by atoms with Crippen LogP contribution in [0.3, 0.4) is 0 Å². The Balaban J connectivity index is 1.66. The van der Waals surface area contributed by atoms with Crippen LogP contribution in [-0.2, 0) is 9.53 Å². The number of amides is 1. The highest BCUT2D eigenvalue weighted by Gasteiger charge is 2.15. The van der Waals surface area contributed by atoms with Crippen molar-refractivity contribution in [3.63, 3.8) is 0 Å². The second-order valence-electron chi connectivity index (χ2n) is 4.30. The molecule has 0 aliphatic carbocycles. The molecule has 18 heavy (non-hydrogen) atoms. The van der Waals surface area contributed by atoms with Gasteiger partial charge in [0.1, 0.15) is 0 Å². The van der Waals surface area contributed by atoms with Crippen molar-refractivity contribution >= 4 is 27.5 Å². The average molecular weight is 313 g/mol. The first kappa shape index (κ1) is 13.4. The maximum absolute atomic E-state index is 11.6. The summed E-state index contributed by atoms with van der Waals surface area (Å²) in [5.74, 6) is -0.00609. The lowest BCUT2D eigenvalue weighted by Crippen LogP contribution is -2.35. The fourth-order valence-electron chi connectivity index (χ4n) is 1.85. The Bertz CT molecular complexity index is 388. The zero-order valence-corrected chi connectivity index (χ0v) is 11.7. The van der Waals surface area contributed by atoms with Crippen LogP contribution in [0.2, 0.25) is 0 Å². The van der Waals surface area contributed by atoms with Gasteiger partial charge in [-0.2, -0.15) is 0 Å². The van der Waals surface area contributed by atoms with Gasteiger partial charge in [-0.1, -0.05) is 15.9 Å². The third kappa shape index (κ3) is 4.31. The number of hydrogen-bond donors (Lipinski definition) is 2. The number of rotatable bonds is 5. The Kier molecular flexibility index (Phi) is 5.01. The van der Waals surface area contributed by atoms with Crippen LogP contribution < -0.4 is 10.6 Å². The Morgan fingerprint density at radius 1 is 1.39 bits per heavy atom. The van der Waals surface area contributed by atoms with Gasteiger partial charge in [-0.05, 0) is 37.1 Å². The molecule has 2 N–H and O–H groups in total. The molecular formula is C13H17BrN2O2. The maximum Gasteiger partial charge on any atom is 0.239 e.